The molecule has 0 bridgehead atoms. The van der Waals surface area contributed by atoms with E-state index in [2.05, 4.69) is 69.3 Å². The van der Waals surface area contributed by atoms with Crippen LogP contribution in [0.3, 0.4) is 0 Å². The average molecular weight is 363 g/mol. The fraction of sp³-hybridized carbons (Fsp3) is 0. The van der Waals surface area contributed by atoms with Crippen molar-refractivity contribution in [3.63, 3.8) is 0 Å². The topological polar surface area (TPSA) is 0 Å². The first-order valence-corrected chi connectivity index (χ1v) is 5.68. The lowest BCUT2D eigenvalue weighted by atomic mass is 10.1. The van der Waals surface area contributed by atoms with Crippen molar-refractivity contribution in [3.05, 3.63) is 33.8 Å². The van der Waals surface area contributed by atoms with Gasteiger partial charge in [-0.25, -0.2) is 0 Å². The number of hydrogen-bond acceptors (Lipinski definition) is 0. The van der Waals surface area contributed by atoms with Crippen LogP contribution < -0.4 is 0 Å². The van der Waals surface area contributed by atoms with Crippen molar-refractivity contribution in [2.24, 2.45) is 0 Å². The summed E-state index contributed by atoms with van der Waals surface area (Å²) < 4.78 is 0.951. The molecule has 0 nitrogen and oxygen atoms in total. The largest absolute Gasteiger partial charge is 0.0545 e. The van der Waals surface area contributed by atoms with Crippen LogP contribution in [0, 0.1) is 21.5 Å². The summed E-state index contributed by atoms with van der Waals surface area (Å²) in [6, 6.07) is 5.78. The molecule has 13 heavy (non-hydrogen) atoms. The van der Waals surface area contributed by atoms with E-state index in [1.807, 2.05) is 18.2 Å². The van der Waals surface area contributed by atoms with Gasteiger partial charge in [0.2, 0.25) is 0 Å². The summed E-state index contributed by atoms with van der Waals surface area (Å²) in [6.07, 6.45) is 0. The highest BCUT2D eigenvalue weighted by Crippen LogP contribution is 2.17. The van der Waals surface area contributed by atoms with Gasteiger partial charge in [0, 0.05) is 47.5 Å². The monoisotopic (exact) mass is 360 g/mol. The highest BCUT2D eigenvalue weighted by Gasteiger charge is 1.96. The number of benzene rings is 1. The average Bonchev–Trinajstić information content (AvgIpc) is 2.10. The molecule has 0 unspecified atom stereocenters. The van der Waals surface area contributed by atoms with Gasteiger partial charge in [-0.1, -0.05) is 11.8 Å². The molecule has 0 fully saturated rings. The molecule has 0 heterocycles. The zero-order chi connectivity index (χ0) is 9.68. The highest BCUT2D eigenvalue weighted by molar-refractivity contribution is 9.12. The summed E-state index contributed by atoms with van der Waals surface area (Å²) in [6.45, 7) is 0. The molecule has 64 valence electrons. The van der Waals surface area contributed by atoms with Gasteiger partial charge in [0.1, 0.15) is 0 Å². The van der Waals surface area contributed by atoms with E-state index in [1.54, 1.807) is 0 Å². The van der Waals surface area contributed by atoms with Gasteiger partial charge >= 0.3 is 0 Å². The van der Waals surface area contributed by atoms with Crippen LogP contribution in [0.25, 0.3) is 0 Å². The summed E-state index contributed by atoms with van der Waals surface area (Å²) in [4.78, 5) is 5.32. The van der Waals surface area contributed by atoms with Gasteiger partial charge in [-0.05, 0) is 43.8 Å². The van der Waals surface area contributed by atoms with Crippen molar-refractivity contribution in [2.45, 2.75) is 0 Å². The molecule has 1 aromatic carbocycles. The van der Waals surface area contributed by atoms with Gasteiger partial charge in [-0.3, -0.25) is 0 Å². The van der Waals surface area contributed by atoms with Crippen LogP contribution in [0.2, 0.25) is 0 Å². The normalized spacial score (nSPS) is 7.92. The summed E-state index contributed by atoms with van der Waals surface area (Å²) in [5.74, 6) is 5.80. The maximum atomic E-state index is 3.41. The Morgan fingerprint density at radius 1 is 1.00 bits per heavy atom. The molecule has 0 aromatic heterocycles. The second-order valence-electron chi connectivity index (χ2n) is 2.13. The summed E-state index contributed by atoms with van der Waals surface area (Å²) in [5.41, 5.74) is 1.89. The summed E-state index contributed by atoms with van der Waals surface area (Å²) >= 11 is 9.51. The van der Waals surface area contributed by atoms with Crippen molar-refractivity contribution in [1.29, 1.82) is 0 Å². The Bertz CT molecular complexity index is 427. The zero-order valence-electron chi connectivity index (χ0n) is 6.37. The van der Waals surface area contributed by atoms with Crippen LogP contribution in [0.4, 0.5) is 0 Å². The van der Waals surface area contributed by atoms with Gasteiger partial charge in [0.05, 0.1) is 0 Å². The molecule has 0 atom stereocenters. The molecule has 0 N–H and O–H groups in total. The van der Waals surface area contributed by atoms with Crippen LogP contribution in [-0.2, 0) is 0 Å². The van der Waals surface area contributed by atoms with E-state index >= 15 is 0 Å². The third kappa shape index (κ3) is 3.19. The van der Waals surface area contributed by atoms with E-state index in [1.165, 1.54) is 0 Å². The Morgan fingerprint density at radius 3 is 2.23 bits per heavy atom. The van der Waals surface area contributed by atoms with Crippen molar-refractivity contribution < 1.29 is 0 Å². The maximum Gasteiger partial charge on any atom is 0.0397 e. The van der Waals surface area contributed by atoms with Crippen molar-refractivity contribution in [1.82, 2.24) is 0 Å². The molecule has 0 aliphatic heterocycles. The minimum Gasteiger partial charge on any atom is -0.0545 e. The van der Waals surface area contributed by atoms with E-state index in [9.17, 15) is 0 Å². The van der Waals surface area contributed by atoms with E-state index in [4.69, 9.17) is 0 Å². The Balaban J connectivity index is 3.15. The minimum atomic E-state index is 0.942. The molecule has 0 saturated carbocycles. The van der Waals surface area contributed by atoms with E-state index < -0.39 is 0 Å². The zero-order valence-corrected chi connectivity index (χ0v) is 11.1. The third-order valence-corrected chi connectivity index (χ3v) is 2.40. The van der Waals surface area contributed by atoms with Gasteiger partial charge in [-0.15, -0.1) is 0 Å². The molecule has 0 spiro atoms. The molecule has 0 aliphatic rings. The summed E-state index contributed by atoms with van der Waals surface area (Å²) in [7, 11) is 0. The molecular weight excluding hydrogens is 360 g/mol. The van der Waals surface area contributed by atoms with Crippen LogP contribution in [0.5, 0.6) is 0 Å². The fourth-order valence-electron chi connectivity index (χ4n) is 0.800. The highest BCUT2D eigenvalue weighted by atomic mass is 79.9. The SMILES string of the molecule is BrC#Cc1ccc(C#CBr)c(Br)c1. The molecular formula is C10H3Br3. The van der Waals surface area contributed by atoms with Gasteiger partial charge < -0.3 is 0 Å². The van der Waals surface area contributed by atoms with Crippen LogP contribution >= 0.6 is 47.8 Å². The Labute approximate surface area is 102 Å². The van der Waals surface area contributed by atoms with Gasteiger partial charge in [0.15, 0.2) is 0 Å². The van der Waals surface area contributed by atoms with Crippen LogP contribution in [0.1, 0.15) is 11.1 Å². The second kappa shape index (κ2) is 5.50. The Morgan fingerprint density at radius 2 is 1.69 bits per heavy atom. The first-order chi connectivity index (χ1) is 6.27. The van der Waals surface area contributed by atoms with E-state index in [0.29, 0.717) is 0 Å². The lowest BCUT2D eigenvalue weighted by molar-refractivity contribution is 1.55. The molecule has 0 amide bonds. The van der Waals surface area contributed by atoms with Crippen LogP contribution in [0.15, 0.2) is 22.7 Å². The quantitative estimate of drug-likeness (QED) is 0.615. The smallest absolute Gasteiger partial charge is 0.0397 e. The molecule has 1 aromatic rings. The standard InChI is InChI=1S/C10H3Br3/c11-5-3-8-1-2-9(4-6-12)10(13)7-8/h1-2,7H. The van der Waals surface area contributed by atoms with E-state index in [0.717, 1.165) is 15.6 Å². The third-order valence-electron chi connectivity index (χ3n) is 1.34. The fourth-order valence-corrected chi connectivity index (χ4v) is 1.72. The molecule has 0 saturated heterocycles. The first kappa shape index (κ1) is 10.9. The van der Waals surface area contributed by atoms with Crippen molar-refractivity contribution >= 4 is 47.8 Å². The number of rotatable bonds is 0. The minimum absolute atomic E-state index is 0.942. The predicted octanol–water partition coefficient (Wildman–Crippen LogP) is 3.86. The maximum absolute atomic E-state index is 3.41. The molecule has 1 rings (SSSR count). The van der Waals surface area contributed by atoms with Gasteiger partial charge in [-0.2, -0.15) is 0 Å². The molecule has 3 heteroatoms. The predicted molar refractivity (Wildman–Crippen MR) is 65.8 cm³/mol. The number of halogens is 3. The number of hydrogen-bond donors (Lipinski definition) is 0. The first-order valence-electron chi connectivity index (χ1n) is 3.30. The Hall–Kier alpha value is -0.220. The summed E-state index contributed by atoms with van der Waals surface area (Å²) in [5, 5.41) is 0. The van der Waals surface area contributed by atoms with Crippen molar-refractivity contribution in [2.75, 3.05) is 0 Å². The van der Waals surface area contributed by atoms with Crippen molar-refractivity contribution in [3.8, 4) is 21.5 Å². The second-order valence-corrected chi connectivity index (χ2v) is 3.78. The lowest BCUT2D eigenvalue weighted by Gasteiger charge is -1.95. The lowest BCUT2D eigenvalue weighted by Crippen LogP contribution is -1.79. The Kier molecular flexibility index (Phi) is 4.59. The molecule has 0 radical (unpaired) electrons. The molecule has 0 aliphatic carbocycles. The van der Waals surface area contributed by atoms with E-state index in [-0.39, 0.29) is 0 Å². The van der Waals surface area contributed by atoms with Crippen LogP contribution in [-0.4, -0.2) is 0 Å². The van der Waals surface area contributed by atoms with Gasteiger partial charge in [0.25, 0.3) is 0 Å².